The van der Waals surface area contributed by atoms with Crippen LogP contribution in [-0.2, 0) is 0 Å². The van der Waals surface area contributed by atoms with Crippen LogP contribution in [-0.4, -0.2) is 0 Å². The summed E-state index contributed by atoms with van der Waals surface area (Å²) in [5.41, 5.74) is 0.739. The molecule has 0 bridgehead atoms. The molecule has 0 aromatic carbocycles. The van der Waals surface area contributed by atoms with E-state index in [1.165, 1.54) is 32.1 Å². The van der Waals surface area contributed by atoms with Gasteiger partial charge in [-0.1, -0.05) is 40.5 Å². The summed E-state index contributed by atoms with van der Waals surface area (Å²) in [7, 11) is 0. The molecule has 0 amide bonds. The summed E-state index contributed by atoms with van der Waals surface area (Å²) in [6, 6.07) is 0. The van der Waals surface area contributed by atoms with Crippen LogP contribution in [0.3, 0.4) is 0 Å². The highest BCUT2D eigenvalue weighted by molar-refractivity contribution is 4.95. The molecule has 0 aromatic rings. The molecule has 0 aliphatic heterocycles. The van der Waals surface area contributed by atoms with Crippen molar-refractivity contribution in [1.82, 2.24) is 0 Å². The molecule has 72 valence electrons. The van der Waals surface area contributed by atoms with Crippen LogP contribution < -0.4 is 0 Å². The second-order valence-corrected chi connectivity index (χ2v) is 4.98. The summed E-state index contributed by atoms with van der Waals surface area (Å²) < 4.78 is 0. The van der Waals surface area contributed by atoms with Crippen LogP contribution in [0, 0.1) is 17.3 Å². The summed E-state index contributed by atoms with van der Waals surface area (Å²) in [4.78, 5) is 0. The maximum absolute atomic E-state index is 2.46. The lowest BCUT2D eigenvalue weighted by Crippen LogP contribution is -2.03. The Balaban J connectivity index is 2.16. The first kappa shape index (κ1) is 10.1. The molecule has 0 N–H and O–H groups in total. The Morgan fingerprint density at radius 3 is 2.17 bits per heavy atom. The predicted octanol–water partition coefficient (Wildman–Crippen LogP) is 4.25. The van der Waals surface area contributed by atoms with Crippen LogP contribution in [0.25, 0.3) is 0 Å². The van der Waals surface area contributed by atoms with Gasteiger partial charge in [-0.25, -0.2) is 0 Å². The van der Waals surface area contributed by atoms with Crippen LogP contribution in [0.5, 0.6) is 0 Å². The van der Waals surface area contributed by atoms with Gasteiger partial charge in [0.1, 0.15) is 0 Å². The summed E-state index contributed by atoms with van der Waals surface area (Å²) in [5, 5.41) is 0. The van der Waals surface area contributed by atoms with Crippen LogP contribution in [0.2, 0.25) is 0 Å². The average Bonchev–Trinajstić information content (AvgIpc) is 2.62. The highest BCUT2D eigenvalue weighted by atomic mass is 14.5. The largest absolute Gasteiger partial charge is 0.0651 e. The fourth-order valence-corrected chi connectivity index (χ4v) is 2.22. The van der Waals surface area contributed by atoms with Crippen molar-refractivity contribution in [3.63, 3.8) is 0 Å². The van der Waals surface area contributed by atoms with E-state index < -0.39 is 0 Å². The van der Waals surface area contributed by atoms with Crippen molar-refractivity contribution in [3.8, 4) is 0 Å². The van der Waals surface area contributed by atoms with E-state index in [0.29, 0.717) is 0 Å². The van der Waals surface area contributed by atoms with Crippen LogP contribution >= 0.6 is 0 Å². The number of hydrogen-bond donors (Lipinski definition) is 0. The molecule has 0 spiro atoms. The van der Waals surface area contributed by atoms with Gasteiger partial charge in [0, 0.05) is 0 Å². The van der Waals surface area contributed by atoms with Gasteiger partial charge in [0.25, 0.3) is 0 Å². The van der Waals surface area contributed by atoms with E-state index in [2.05, 4.69) is 27.7 Å². The molecule has 0 saturated heterocycles. The van der Waals surface area contributed by atoms with Crippen molar-refractivity contribution in [3.05, 3.63) is 0 Å². The Bertz CT molecular complexity index is 135. The molecule has 1 aliphatic carbocycles. The van der Waals surface area contributed by atoms with Crippen molar-refractivity contribution < 1.29 is 0 Å². The molecule has 1 fully saturated rings. The third-order valence-corrected chi connectivity index (χ3v) is 4.08. The fourth-order valence-electron chi connectivity index (χ4n) is 2.22. The Hall–Kier alpha value is 0. The molecule has 12 heavy (non-hydrogen) atoms. The van der Waals surface area contributed by atoms with Crippen molar-refractivity contribution in [2.75, 3.05) is 0 Å². The van der Waals surface area contributed by atoms with E-state index in [1.54, 1.807) is 0 Å². The normalized spacial score (nSPS) is 34.2. The molecular formula is C12H24. The maximum Gasteiger partial charge on any atom is -0.0297 e. The molecule has 1 aliphatic rings. The predicted molar refractivity (Wildman–Crippen MR) is 55.2 cm³/mol. The van der Waals surface area contributed by atoms with E-state index >= 15 is 0 Å². The van der Waals surface area contributed by atoms with Crippen molar-refractivity contribution >= 4 is 0 Å². The third-order valence-electron chi connectivity index (χ3n) is 4.08. The summed E-state index contributed by atoms with van der Waals surface area (Å²) in [6.07, 6.45) is 7.17. The van der Waals surface area contributed by atoms with Gasteiger partial charge in [0.05, 0.1) is 0 Å². The van der Waals surface area contributed by atoms with Crippen molar-refractivity contribution in [2.24, 2.45) is 17.3 Å². The Morgan fingerprint density at radius 1 is 1.33 bits per heavy atom. The zero-order chi connectivity index (χ0) is 9.19. The van der Waals surface area contributed by atoms with E-state index in [-0.39, 0.29) is 0 Å². The first-order valence-electron chi connectivity index (χ1n) is 5.62. The third kappa shape index (κ3) is 2.24. The van der Waals surface area contributed by atoms with E-state index in [4.69, 9.17) is 0 Å². The number of hydrogen-bond acceptors (Lipinski definition) is 0. The first-order valence-corrected chi connectivity index (χ1v) is 5.62. The zero-order valence-corrected chi connectivity index (χ0v) is 9.19. The van der Waals surface area contributed by atoms with Gasteiger partial charge in [-0.3, -0.25) is 0 Å². The van der Waals surface area contributed by atoms with Gasteiger partial charge >= 0.3 is 0 Å². The minimum atomic E-state index is 0.739. The Labute approximate surface area is 77.7 Å². The lowest BCUT2D eigenvalue weighted by Gasteiger charge is -2.15. The lowest BCUT2D eigenvalue weighted by atomic mass is 9.90. The fraction of sp³-hybridized carbons (Fsp3) is 1.00. The SMILES string of the molecule is CCC(CC)CCC1(C)CC1C. The molecule has 0 radical (unpaired) electrons. The highest BCUT2D eigenvalue weighted by Gasteiger charge is 2.45. The monoisotopic (exact) mass is 168 g/mol. The summed E-state index contributed by atoms with van der Waals surface area (Å²) in [6.45, 7) is 9.51. The second-order valence-electron chi connectivity index (χ2n) is 4.98. The molecule has 2 atom stereocenters. The Morgan fingerprint density at radius 2 is 1.83 bits per heavy atom. The molecular weight excluding hydrogens is 144 g/mol. The minimum absolute atomic E-state index is 0.739. The maximum atomic E-state index is 2.46. The molecule has 0 heterocycles. The number of rotatable bonds is 5. The van der Waals surface area contributed by atoms with Gasteiger partial charge in [0.2, 0.25) is 0 Å². The van der Waals surface area contributed by atoms with Gasteiger partial charge < -0.3 is 0 Å². The summed E-state index contributed by atoms with van der Waals surface area (Å²) >= 11 is 0. The van der Waals surface area contributed by atoms with Crippen LogP contribution in [0.1, 0.15) is 59.8 Å². The molecule has 1 rings (SSSR count). The summed E-state index contributed by atoms with van der Waals surface area (Å²) in [5.74, 6) is 2.00. The van der Waals surface area contributed by atoms with Crippen LogP contribution in [0.4, 0.5) is 0 Å². The second kappa shape index (κ2) is 3.81. The zero-order valence-electron chi connectivity index (χ0n) is 9.19. The lowest BCUT2D eigenvalue weighted by molar-refractivity contribution is 0.365. The van der Waals surface area contributed by atoms with Crippen molar-refractivity contribution in [2.45, 2.75) is 59.8 Å². The highest BCUT2D eigenvalue weighted by Crippen LogP contribution is 2.55. The average molecular weight is 168 g/mol. The van der Waals surface area contributed by atoms with Crippen LogP contribution in [0.15, 0.2) is 0 Å². The van der Waals surface area contributed by atoms with Gasteiger partial charge in [-0.15, -0.1) is 0 Å². The quantitative estimate of drug-likeness (QED) is 0.575. The molecule has 0 nitrogen and oxygen atoms in total. The van der Waals surface area contributed by atoms with Crippen molar-refractivity contribution in [1.29, 1.82) is 0 Å². The van der Waals surface area contributed by atoms with Gasteiger partial charge in [-0.05, 0) is 36.5 Å². The topological polar surface area (TPSA) is 0 Å². The van der Waals surface area contributed by atoms with E-state index in [1.807, 2.05) is 0 Å². The molecule has 2 unspecified atom stereocenters. The standard InChI is InChI=1S/C12H24/c1-5-11(6-2)7-8-12(4)9-10(12)3/h10-11H,5-9H2,1-4H3. The molecule has 0 heteroatoms. The van der Waals surface area contributed by atoms with E-state index in [0.717, 1.165) is 17.3 Å². The van der Waals surface area contributed by atoms with Gasteiger partial charge in [-0.2, -0.15) is 0 Å². The Kier molecular flexibility index (Phi) is 3.20. The first-order chi connectivity index (χ1) is 5.62. The van der Waals surface area contributed by atoms with Gasteiger partial charge in [0.15, 0.2) is 0 Å². The smallest absolute Gasteiger partial charge is 0.0297 e. The van der Waals surface area contributed by atoms with E-state index in [9.17, 15) is 0 Å². The molecule has 0 aromatic heterocycles. The minimum Gasteiger partial charge on any atom is -0.0651 e. The molecule has 1 saturated carbocycles.